The molecule has 6 heteroatoms. The fourth-order valence-electron chi connectivity index (χ4n) is 1.48. The molecule has 0 saturated carbocycles. The molecular formula is C12H10Cl2N2O2. The molecule has 18 heavy (non-hydrogen) atoms. The predicted molar refractivity (Wildman–Crippen MR) is 71.5 cm³/mol. The number of carbonyl (C=O) groups is 1. The van der Waals surface area contributed by atoms with Gasteiger partial charge < -0.3 is 10.1 Å². The molecule has 0 radical (unpaired) electrons. The van der Waals surface area contributed by atoms with Crippen LogP contribution in [0.2, 0.25) is 5.02 Å². The van der Waals surface area contributed by atoms with Gasteiger partial charge in [-0.2, -0.15) is 0 Å². The molecule has 94 valence electrons. The van der Waals surface area contributed by atoms with Crippen molar-refractivity contribution >= 4 is 40.2 Å². The molecule has 1 N–H and O–H groups in total. The molecule has 0 unspecified atom stereocenters. The zero-order valence-electron chi connectivity index (χ0n) is 9.32. The molecule has 0 fully saturated rings. The maximum atomic E-state index is 11.4. The second-order valence-corrected chi connectivity index (χ2v) is 4.24. The largest absolute Gasteiger partial charge is 0.412 e. The molecule has 2 rings (SSSR count). The highest BCUT2D eigenvalue weighted by Crippen LogP contribution is 2.29. The average molecular weight is 285 g/mol. The van der Waals surface area contributed by atoms with E-state index < -0.39 is 6.09 Å². The van der Waals surface area contributed by atoms with Crippen LogP contribution in [-0.4, -0.2) is 23.5 Å². The van der Waals surface area contributed by atoms with Crippen LogP contribution in [-0.2, 0) is 0 Å². The summed E-state index contributed by atoms with van der Waals surface area (Å²) >= 11 is 11.5. The summed E-state index contributed by atoms with van der Waals surface area (Å²) in [5, 5.41) is 3.81. The van der Waals surface area contributed by atoms with E-state index in [0.29, 0.717) is 28.7 Å². The van der Waals surface area contributed by atoms with Crippen molar-refractivity contribution in [2.45, 2.75) is 0 Å². The first-order valence-corrected chi connectivity index (χ1v) is 6.18. The lowest BCUT2D eigenvalue weighted by Gasteiger charge is -2.08. The van der Waals surface area contributed by atoms with Crippen LogP contribution < -0.4 is 10.1 Å². The van der Waals surface area contributed by atoms with Crippen molar-refractivity contribution in [3.8, 4) is 5.75 Å². The monoisotopic (exact) mass is 284 g/mol. The van der Waals surface area contributed by atoms with Crippen LogP contribution >= 0.6 is 23.2 Å². The van der Waals surface area contributed by atoms with Crippen molar-refractivity contribution in [3.05, 3.63) is 35.5 Å². The Balaban J connectivity index is 2.29. The zero-order valence-corrected chi connectivity index (χ0v) is 10.8. The summed E-state index contributed by atoms with van der Waals surface area (Å²) in [7, 11) is 0. The summed E-state index contributed by atoms with van der Waals surface area (Å²) in [4.78, 5) is 15.6. The van der Waals surface area contributed by atoms with Crippen molar-refractivity contribution < 1.29 is 9.53 Å². The van der Waals surface area contributed by atoms with E-state index in [1.54, 1.807) is 24.4 Å². The quantitative estimate of drug-likeness (QED) is 0.881. The third-order valence-electron chi connectivity index (χ3n) is 2.25. The number of aromatic nitrogens is 1. The average Bonchev–Trinajstić information content (AvgIpc) is 2.40. The fraction of sp³-hybridized carbons (Fsp3) is 0.167. The molecule has 1 aromatic carbocycles. The van der Waals surface area contributed by atoms with Crippen LogP contribution in [0.5, 0.6) is 5.75 Å². The molecule has 4 nitrogen and oxygen atoms in total. The van der Waals surface area contributed by atoms with Gasteiger partial charge in [-0.1, -0.05) is 11.6 Å². The Morgan fingerprint density at radius 1 is 1.39 bits per heavy atom. The Labute approximate surface area is 114 Å². The van der Waals surface area contributed by atoms with Gasteiger partial charge in [0.25, 0.3) is 0 Å². The zero-order chi connectivity index (χ0) is 13.0. The van der Waals surface area contributed by atoms with Crippen molar-refractivity contribution in [2.24, 2.45) is 0 Å². The van der Waals surface area contributed by atoms with Gasteiger partial charge in [-0.15, -0.1) is 11.6 Å². The van der Waals surface area contributed by atoms with Gasteiger partial charge in [-0.05, 0) is 24.3 Å². The van der Waals surface area contributed by atoms with E-state index in [0.717, 1.165) is 5.39 Å². The fourth-order valence-corrected chi connectivity index (χ4v) is 1.79. The molecule has 0 saturated heterocycles. The minimum atomic E-state index is -0.565. The number of benzene rings is 1. The number of fused-ring (bicyclic) bond motifs is 1. The topological polar surface area (TPSA) is 51.2 Å². The third-order valence-corrected chi connectivity index (χ3v) is 2.76. The molecule has 2 aromatic rings. The van der Waals surface area contributed by atoms with Gasteiger partial charge in [-0.25, -0.2) is 4.79 Å². The second kappa shape index (κ2) is 5.89. The number of ether oxygens (including phenoxy) is 1. The van der Waals surface area contributed by atoms with E-state index in [1.165, 1.54) is 0 Å². The first-order valence-electron chi connectivity index (χ1n) is 5.27. The van der Waals surface area contributed by atoms with E-state index in [4.69, 9.17) is 27.9 Å². The van der Waals surface area contributed by atoms with Crippen molar-refractivity contribution in [3.63, 3.8) is 0 Å². The smallest absolute Gasteiger partial charge is 0.408 e. The van der Waals surface area contributed by atoms with Crippen LogP contribution in [0.15, 0.2) is 30.5 Å². The van der Waals surface area contributed by atoms with Crippen molar-refractivity contribution in [1.29, 1.82) is 0 Å². The predicted octanol–water partition coefficient (Wildman–Crippen LogP) is 3.22. The van der Waals surface area contributed by atoms with E-state index in [1.807, 2.05) is 6.07 Å². The molecule has 0 spiro atoms. The summed E-state index contributed by atoms with van der Waals surface area (Å²) in [6.07, 6.45) is 1.05. The summed E-state index contributed by atoms with van der Waals surface area (Å²) in [6.45, 7) is 0.347. The number of amides is 1. The van der Waals surface area contributed by atoms with E-state index in [2.05, 4.69) is 10.3 Å². The maximum absolute atomic E-state index is 11.4. The lowest BCUT2D eigenvalue weighted by Crippen LogP contribution is -2.28. The Morgan fingerprint density at radius 3 is 3.00 bits per heavy atom. The molecule has 0 aliphatic heterocycles. The van der Waals surface area contributed by atoms with E-state index >= 15 is 0 Å². The van der Waals surface area contributed by atoms with Crippen molar-refractivity contribution in [2.75, 3.05) is 12.4 Å². The molecule has 0 atom stereocenters. The van der Waals surface area contributed by atoms with E-state index in [9.17, 15) is 4.79 Å². The number of rotatable bonds is 3. The minimum absolute atomic E-state index is 0.328. The number of nitrogens with zero attached hydrogens (tertiary/aromatic N) is 1. The van der Waals surface area contributed by atoms with Gasteiger partial charge in [0.2, 0.25) is 0 Å². The van der Waals surface area contributed by atoms with Crippen LogP contribution in [0.4, 0.5) is 4.79 Å². The molecule has 1 amide bonds. The first kappa shape index (κ1) is 12.9. The van der Waals surface area contributed by atoms with Gasteiger partial charge >= 0.3 is 6.09 Å². The number of hydrogen-bond acceptors (Lipinski definition) is 3. The highest BCUT2D eigenvalue weighted by molar-refractivity contribution is 6.35. The molecular weight excluding hydrogens is 275 g/mol. The van der Waals surface area contributed by atoms with Gasteiger partial charge in [0, 0.05) is 24.0 Å². The van der Waals surface area contributed by atoms with Crippen LogP contribution in [0.1, 0.15) is 0 Å². The number of halogens is 2. The number of pyridine rings is 1. The molecule has 0 aliphatic rings. The van der Waals surface area contributed by atoms with Crippen molar-refractivity contribution in [1.82, 2.24) is 10.3 Å². The normalized spacial score (nSPS) is 10.3. The van der Waals surface area contributed by atoms with Crippen LogP contribution in [0.25, 0.3) is 10.9 Å². The van der Waals surface area contributed by atoms with E-state index in [-0.39, 0.29) is 0 Å². The minimum Gasteiger partial charge on any atom is -0.408 e. The van der Waals surface area contributed by atoms with Gasteiger partial charge in [0.1, 0.15) is 5.52 Å². The number of alkyl halides is 1. The molecule has 0 aliphatic carbocycles. The Bertz CT molecular complexity index is 575. The number of nitrogens with one attached hydrogen (secondary N) is 1. The van der Waals surface area contributed by atoms with Gasteiger partial charge in [0.15, 0.2) is 5.75 Å². The number of carbonyl (C=O) groups excluding carboxylic acids is 1. The third kappa shape index (κ3) is 2.83. The molecule has 1 heterocycles. The Morgan fingerprint density at radius 2 is 2.22 bits per heavy atom. The Hall–Kier alpha value is -1.52. The second-order valence-electron chi connectivity index (χ2n) is 3.45. The number of hydrogen-bond donors (Lipinski definition) is 1. The lowest BCUT2D eigenvalue weighted by molar-refractivity contribution is 0.201. The molecule has 0 bridgehead atoms. The SMILES string of the molecule is O=C(NCCCl)Oc1ccc(Cl)c2cccnc12. The van der Waals surface area contributed by atoms with Crippen LogP contribution in [0, 0.1) is 0 Å². The summed E-state index contributed by atoms with van der Waals surface area (Å²) in [5.74, 6) is 0.691. The summed E-state index contributed by atoms with van der Waals surface area (Å²) in [5.41, 5.74) is 0.547. The highest BCUT2D eigenvalue weighted by atomic mass is 35.5. The lowest BCUT2D eigenvalue weighted by atomic mass is 10.2. The summed E-state index contributed by atoms with van der Waals surface area (Å²) in [6, 6.07) is 6.85. The maximum Gasteiger partial charge on any atom is 0.412 e. The van der Waals surface area contributed by atoms with Gasteiger partial charge in [-0.3, -0.25) is 4.98 Å². The standard InChI is InChI=1S/C12H10Cl2N2O2/c13-5-7-16-12(17)18-10-4-3-9(14)8-2-1-6-15-11(8)10/h1-4,6H,5,7H2,(H,16,17). The molecule has 1 aromatic heterocycles. The first-order chi connectivity index (χ1) is 8.72. The summed E-state index contributed by atoms with van der Waals surface area (Å²) < 4.78 is 5.15. The van der Waals surface area contributed by atoms with Gasteiger partial charge in [0.05, 0.1) is 5.02 Å². The Kier molecular flexibility index (Phi) is 4.23. The van der Waals surface area contributed by atoms with Crippen LogP contribution in [0.3, 0.4) is 0 Å². The highest BCUT2D eigenvalue weighted by Gasteiger charge is 2.10.